The van der Waals surface area contributed by atoms with Crippen molar-refractivity contribution in [2.24, 2.45) is 5.92 Å². The van der Waals surface area contributed by atoms with Gasteiger partial charge in [0, 0.05) is 37.8 Å². The van der Waals surface area contributed by atoms with Crippen LogP contribution < -0.4 is 5.32 Å². The van der Waals surface area contributed by atoms with Crippen LogP contribution in [0.1, 0.15) is 53.9 Å². The van der Waals surface area contributed by atoms with E-state index in [0.29, 0.717) is 17.5 Å². The normalized spacial score (nSPS) is 24.0. The highest BCUT2D eigenvalue weighted by Crippen LogP contribution is 2.27. The molecule has 0 saturated carbocycles. The third-order valence-corrected chi connectivity index (χ3v) is 4.60. The first kappa shape index (κ1) is 16.9. The summed E-state index contributed by atoms with van der Waals surface area (Å²) in [7, 11) is 0. The fraction of sp³-hybridized carbons (Fsp3) is 1.00. The van der Waals surface area contributed by atoms with Gasteiger partial charge in [-0.25, -0.2) is 0 Å². The van der Waals surface area contributed by atoms with Crippen molar-refractivity contribution in [2.75, 3.05) is 32.8 Å². The van der Waals surface area contributed by atoms with Gasteiger partial charge in [-0.05, 0) is 25.2 Å². The van der Waals surface area contributed by atoms with E-state index in [1.54, 1.807) is 0 Å². The standard InChI is InChI=1S/C16H34N2O/c1-6-15-11-18(9-10-19-12-14(4)5)16(7-2,8-3)13-17-15/h14-15,17H,6-13H2,1-5H3. The molecule has 1 N–H and O–H groups in total. The van der Waals surface area contributed by atoms with Crippen LogP contribution in [0.5, 0.6) is 0 Å². The average molecular weight is 270 g/mol. The Kier molecular flexibility index (Phi) is 7.33. The Labute approximate surface area is 120 Å². The number of hydrogen-bond donors (Lipinski definition) is 1. The molecule has 1 fully saturated rings. The Hall–Kier alpha value is -0.120. The molecule has 1 heterocycles. The summed E-state index contributed by atoms with van der Waals surface area (Å²) in [6.07, 6.45) is 3.65. The second kappa shape index (κ2) is 8.23. The van der Waals surface area contributed by atoms with E-state index in [9.17, 15) is 0 Å². The van der Waals surface area contributed by atoms with E-state index in [4.69, 9.17) is 4.74 Å². The number of nitrogens with zero attached hydrogens (tertiary/aromatic N) is 1. The predicted octanol–water partition coefficient (Wildman–Crippen LogP) is 2.90. The van der Waals surface area contributed by atoms with Crippen LogP contribution in [0.3, 0.4) is 0 Å². The Balaban J connectivity index is 2.51. The third-order valence-electron chi connectivity index (χ3n) is 4.60. The largest absolute Gasteiger partial charge is 0.380 e. The number of ether oxygens (including phenoxy) is 1. The lowest BCUT2D eigenvalue weighted by Gasteiger charge is -2.49. The zero-order valence-electron chi connectivity index (χ0n) is 13.7. The van der Waals surface area contributed by atoms with Crippen molar-refractivity contribution in [3.63, 3.8) is 0 Å². The molecule has 0 amide bonds. The summed E-state index contributed by atoms with van der Waals surface area (Å²) in [5.41, 5.74) is 0.340. The van der Waals surface area contributed by atoms with Crippen LogP contribution in [0.15, 0.2) is 0 Å². The first-order valence-electron chi connectivity index (χ1n) is 8.14. The minimum atomic E-state index is 0.340. The molecule has 0 aromatic heterocycles. The van der Waals surface area contributed by atoms with E-state index in [1.807, 2.05) is 0 Å². The minimum Gasteiger partial charge on any atom is -0.380 e. The molecule has 0 bridgehead atoms. The Bertz CT molecular complexity index is 239. The SMILES string of the molecule is CCC1CN(CCOCC(C)C)C(CC)(CC)CN1. The highest BCUT2D eigenvalue weighted by atomic mass is 16.5. The molecule has 1 unspecified atom stereocenters. The molecule has 3 nitrogen and oxygen atoms in total. The fourth-order valence-corrected chi connectivity index (χ4v) is 3.01. The van der Waals surface area contributed by atoms with Gasteiger partial charge in [-0.2, -0.15) is 0 Å². The van der Waals surface area contributed by atoms with Gasteiger partial charge in [0.25, 0.3) is 0 Å². The van der Waals surface area contributed by atoms with Gasteiger partial charge in [-0.15, -0.1) is 0 Å². The van der Waals surface area contributed by atoms with Crippen LogP contribution in [0, 0.1) is 5.92 Å². The molecule has 3 heteroatoms. The first-order chi connectivity index (χ1) is 9.07. The lowest BCUT2D eigenvalue weighted by atomic mass is 9.87. The van der Waals surface area contributed by atoms with Crippen LogP contribution >= 0.6 is 0 Å². The van der Waals surface area contributed by atoms with Gasteiger partial charge in [0.1, 0.15) is 0 Å². The Morgan fingerprint density at radius 3 is 2.47 bits per heavy atom. The summed E-state index contributed by atoms with van der Waals surface area (Å²) in [6.45, 7) is 16.5. The van der Waals surface area contributed by atoms with Crippen LogP contribution in [-0.4, -0.2) is 49.3 Å². The number of piperazine rings is 1. The van der Waals surface area contributed by atoms with Crippen molar-refractivity contribution in [3.05, 3.63) is 0 Å². The van der Waals surface area contributed by atoms with Crippen LogP contribution in [-0.2, 0) is 4.74 Å². The smallest absolute Gasteiger partial charge is 0.0593 e. The van der Waals surface area contributed by atoms with E-state index in [2.05, 4.69) is 44.8 Å². The molecule has 19 heavy (non-hydrogen) atoms. The van der Waals surface area contributed by atoms with Gasteiger partial charge in [0.15, 0.2) is 0 Å². The molecule has 0 spiro atoms. The quantitative estimate of drug-likeness (QED) is 0.686. The van der Waals surface area contributed by atoms with E-state index in [0.717, 1.165) is 26.3 Å². The fourth-order valence-electron chi connectivity index (χ4n) is 3.01. The zero-order chi connectivity index (χ0) is 14.3. The molecule has 0 aliphatic carbocycles. The molecule has 1 saturated heterocycles. The summed E-state index contributed by atoms with van der Waals surface area (Å²) in [6, 6.07) is 0.649. The summed E-state index contributed by atoms with van der Waals surface area (Å²) in [4.78, 5) is 2.68. The van der Waals surface area contributed by atoms with Gasteiger partial charge < -0.3 is 10.1 Å². The van der Waals surface area contributed by atoms with Crippen molar-refractivity contribution in [1.29, 1.82) is 0 Å². The molecule has 0 radical (unpaired) electrons. The van der Waals surface area contributed by atoms with E-state index < -0.39 is 0 Å². The van der Waals surface area contributed by atoms with Crippen molar-refractivity contribution in [2.45, 2.75) is 65.5 Å². The number of nitrogens with one attached hydrogen (secondary N) is 1. The topological polar surface area (TPSA) is 24.5 Å². The summed E-state index contributed by atoms with van der Waals surface area (Å²) in [5.74, 6) is 0.633. The predicted molar refractivity (Wildman–Crippen MR) is 82.6 cm³/mol. The molecule has 1 atom stereocenters. The molecule has 114 valence electrons. The highest BCUT2D eigenvalue weighted by molar-refractivity contribution is 4.97. The summed E-state index contributed by atoms with van der Waals surface area (Å²) in [5, 5.41) is 3.72. The average Bonchev–Trinajstić information content (AvgIpc) is 2.43. The lowest BCUT2D eigenvalue weighted by Crippen LogP contribution is -2.64. The van der Waals surface area contributed by atoms with Gasteiger partial charge >= 0.3 is 0 Å². The van der Waals surface area contributed by atoms with Crippen molar-refractivity contribution in [3.8, 4) is 0 Å². The van der Waals surface area contributed by atoms with Crippen LogP contribution in [0.2, 0.25) is 0 Å². The van der Waals surface area contributed by atoms with Crippen molar-refractivity contribution in [1.82, 2.24) is 10.2 Å². The third kappa shape index (κ3) is 4.73. The van der Waals surface area contributed by atoms with Gasteiger partial charge in [0.2, 0.25) is 0 Å². The van der Waals surface area contributed by atoms with Crippen LogP contribution in [0.25, 0.3) is 0 Å². The maximum absolute atomic E-state index is 5.79. The molecule has 1 aliphatic rings. The Morgan fingerprint density at radius 1 is 1.26 bits per heavy atom. The van der Waals surface area contributed by atoms with E-state index in [-0.39, 0.29) is 0 Å². The van der Waals surface area contributed by atoms with Crippen molar-refractivity contribution >= 4 is 0 Å². The lowest BCUT2D eigenvalue weighted by molar-refractivity contribution is 0.000459. The van der Waals surface area contributed by atoms with Crippen molar-refractivity contribution < 1.29 is 4.74 Å². The number of rotatable bonds is 8. The van der Waals surface area contributed by atoms with Gasteiger partial charge in [0.05, 0.1) is 6.61 Å². The van der Waals surface area contributed by atoms with Gasteiger partial charge in [-0.1, -0.05) is 34.6 Å². The second-order valence-electron chi connectivity index (χ2n) is 6.33. The highest BCUT2D eigenvalue weighted by Gasteiger charge is 2.37. The number of hydrogen-bond acceptors (Lipinski definition) is 3. The second-order valence-corrected chi connectivity index (χ2v) is 6.33. The zero-order valence-corrected chi connectivity index (χ0v) is 13.7. The maximum Gasteiger partial charge on any atom is 0.0593 e. The molecule has 0 aromatic carbocycles. The summed E-state index contributed by atoms with van der Waals surface area (Å²) >= 11 is 0. The first-order valence-corrected chi connectivity index (χ1v) is 8.14. The van der Waals surface area contributed by atoms with Crippen LogP contribution in [0.4, 0.5) is 0 Å². The molecule has 0 aromatic rings. The van der Waals surface area contributed by atoms with E-state index >= 15 is 0 Å². The van der Waals surface area contributed by atoms with Gasteiger partial charge in [-0.3, -0.25) is 4.90 Å². The van der Waals surface area contributed by atoms with E-state index in [1.165, 1.54) is 25.8 Å². The molecular formula is C16H34N2O. The summed E-state index contributed by atoms with van der Waals surface area (Å²) < 4.78 is 5.79. The maximum atomic E-state index is 5.79. The molecular weight excluding hydrogens is 236 g/mol. The minimum absolute atomic E-state index is 0.340. The molecule has 1 aliphatic heterocycles. The molecule has 1 rings (SSSR count). The monoisotopic (exact) mass is 270 g/mol. The Morgan fingerprint density at radius 2 is 1.95 bits per heavy atom.